The predicted molar refractivity (Wildman–Crippen MR) is 72.9 cm³/mol. The van der Waals surface area contributed by atoms with Gasteiger partial charge in [-0.1, -0.05) is 26.0 Å². The van der Waals surface area contributed by atoms with Gasteiger partial charge in [0, 0.05) is 6.54 Å². The Morgan fingerprint density at radius 2 is 1.85 bits per heavy atom. The number of halogens is 1. The van der Waals surface area contributed by atoms with E-state index < -0.39 is 18.0 Å². The third kappa shape index (κ3) is 5.26. The summed E-state index contributed by atoms with van der Waals surface area (Å²) in [6.45, 7) is 3.79. The Bertz CT molecular complexity index is 460. The first kappa shape index (κ1) is 15.9. The number of benzene rings is 1. The molecule has 110 valence electrons. The lowest BCUT2D eigenvalue weighted by molar-refractivity contribution is -0.140. The molecule has 0 aliphatic carbocycles. The zero-order chi connectivity index (χ0) is 15.1. The Balaban J connectivity index is 2.36. The SMILES string of the molecule is CC(C)[C@@H](NC(=O)NCCc1ccc(F)cc1)C(=O)O. The van der Waals surface area contributed by atoms with Crippen molar-refractivity contribution in [2.75, 3.05) is 6.54 Å². The molecule has 0 aromatic heterocycles. The largest absolute Gasteiger partial charge is 0.480 e. The maximum Gasteiger partial charge on any atom is 0.326 e. The molecule has 1 rings (SSSR count). The first-order chi connectivity index (χ1) is 9.40. The van der Waals surface area contributed by atoms with Crippen LogP contribution in [0.4, 0.5) is 9.18 Å². The molecular weight excluding hydrogens is 263 g/mol. The van der Waals surface area contributed by atoms with Crippen LogP contribution in [0.5, 0.6) is 0 Å². The summed E-state index contributed by atoms with van der Waals surface area (Å²) in [5.41, 5.74) is 0.894. The van der Waals surface area contributed by atoms with E-state index in [0.29, 0.717) is 13.0 Å². The monoisotopic (exact) mass is 282 g/mol. The Labute approximate surface area is 117 Å². The molecule has 1 atom stereocenters. The lowest BCUT2D eigenvalue weighted by atomic mass is 10.1. The standard InChI is InChI=1S/C14H19FN2O3/c1-9(2)12(13(18)19)17-14(20)16-8-7-10-3-5-11(15)6-4-10/h3-6,9,12H,7-8H2,1-2H3,(H,18,19)(H2,16,17,20)/t12-/m1/s1. The van der Waals surface area contributed by atoms with Crippen molar-refractivity contribution in [3.05, 3.63) is 35.6 Å². The highest BCUT2D eigenvalue weighted by Crippen LogP contribution is 2.03. The molecule has 0 bridgehead atoms. The molecule has 0 saturated carbocycles. The fourth-order valence-corrected chi connectivity index (χ4v) is 1.68. The van der Waals surface area contributed by atoms with Crippen molar-refractivity contribution in [2.45, 2.75) is 26.3 Å². The van der Waals surface area contributed by atoms with E-state index in [4.69, 9.17) is 5.11 Å². The van der Waals surface area contributed by atoms with Gasteiger partial charge in [-0.2, -0.15) is 0 Å². The molecule has 0 fully saturated rings. The number of nitrogens with one attached hydrogen (secondary N) is 2. The Morgan fingerprint density at radius 3 is 2.35 bits per heavy atom. The van der Waals surface area contributed by atoms with Crippen LogP contribution in [-0.4, -0.2) is 29.7 Å². The van der Waals surface area contributed by atoms with Crippen molar-refractivity contribution in [2.24, 2.45) is 5.92 Å². The van der Waals surface area contributed by atoms with E-state index in [1.807, 2.05) is 0 Å². The summed E-state index contributed by atoms with van der Waals surface area (Å²) in [6, 6.07) is 4.56. The number of carbonyl (C=O) groups excluding carboxylic acids is 1. The van der Waals surface area contributed by atoms with Crippen molar-refractivity contribution in [3.8, 4) is 0 Å². The Hall–Kier alpha value is -2.11. The molecule has 0 unspecified atom stereocenters. The molecule has 0 radical (unpaired) electrons. The lowest BCUT2D eigenvalue weighted by Crippen LogP contribution is -2.48. The van der Waals surface area contributed by atoms with Gasteiger partial charge in [0.2, 0.25) is 0 Å². The molecule has 0 heterocycles. The number of hydrogen-bond acceptors (Lipinski definition) is 2. The van der Waals surface area contributed by atoms with Crippen molar-refractivity contribution in [1.29, 1.82) is 0 Å². The molecule has 0 spiro atoms. The van der Waals surface area contributed by atoms with Gasteiger partial charge in [0.15, 0.2) is 0 Å². The Morgan fingerprint density at radius 1 is 1.25 bits per heavy atom. The van der Waals surface area contributed by atoms with Crippen molar-refractivity contribution < 1.29 is 19.1 Å². The average molecular weight is 282 g/mol. The highest BCUT2D eigenvalue weighted by atomic mass is 19.1. The molecule has 0 saturated heterocycles. The van der Waals surface area contributed by atoms with Gasteiger partial charge in [0.1, 0.15) is 11.9 Å². The third-order valence-corrected chi connectivity index (χ3v) is 2.83. The van der Waals surface area contributed by atoms with Crippen LogP contribution in [-0.2, 0) is 11.2 Å². The normalized spacial score (nSPS) is 12.0. The summed E-state index contributed by atoms with van der Waals surface area (Å²) in [5, 5.41) is 13.9. The number of aliphatic carboxylic acids is 1. The first-order valence-electron chi connectivity index (χ1n) is 6.41. The van der Waals surface area contributed by atoms with Gasteiger partial charge in [0.25, 0.3) is 0 Å². The van der Waals surface area contributed by atoms with Crippen LogP contribution in [0, 0.1) is 11.7 Å². The minimum atomic E-state index is -1.06. The van der Waals surface area contributed by atoms with E-state index in [9.17, 15) is 14.0 Å². The molecule has 3 N–H and O–H groups in total. The van der Waals surface area contributed by atoms with Crippen molar-refractivity contribution in [1.82, 2.24) is 10.6 Å². The van der Waals surface area contributed by atoms with Crippen molar-refractivity contribution in [3.63, 3.8) is 0 Å². The summed E-state index contributed by atoms with van der Waals surface area (Å²) in [5.74, 6) is -1.57. The number of urea groups is 1. The van der Waals surface area contributed by atoms with Gasteiger partial charge in [0.05, 0.1) is 0 Å². The minimum absolute atomic E-state index is 0.199. The topological polar surface area (TPSA) is 78.4 Å². The van der Waals surface area contributed by atoms with Gasteiger partial charge in [-0.25, -0.2) is 14.0 Å². The molecule has 20 heavy (non-hydrogen) atoms. The smallest absolute Gasteiger partial charge is 0.326 e. The average Bonchev–Trinajstić information content (AvgIpc) is 2.37. The zero-order valence-corrected chi connectivity index (χ0v) is 11.5. The van der Waals surface area contributed by atoms with E-state index in [2.05, 4.69) is 10.6 Å². The zero-order valence-electron chi connectivity index (χ0n) is 11.5. The second kappa shape index (κ2) is 7.47. The highest BCUT2D eigenvalue weighted by Gasteiger charge is 2.22. The lowest BCUT2D eigenvalue weighted by Gasteiger charge is -2.18. The van der Waals surface area contributed by atoms with Crippen LogP contribution >= 0.6 is 0 Å². The van der Waals surface area contributed by atoms with Crippen LogP contribution in [0.15, 0.2) is 24.3 Å². The Kier molecular flexibility index (Phi) is 5.96. The molecule has 1 aromatic rings. The number of rotatable bonds is 6. The second-order valence-corrected chi connectivity index (χ2v) is 4.84. The van der Waals surface area contributed by atoms with Crippen LogP contribution in [0.3, 0.4) is 0 Å². The van der Waals surface area contributed by atoms with Crippen molar-refractivity contribution >= 4 is 12.0 Å². The number of amides is 2. The van der Waals surface area contributed by atoms with Gasteiger partial charge in [-0.3, -0.25) is 0 Å². The van der Waals surface area contributed by atoms with Crippen LogP contribution in [0.25, 0.3) is 0 Å². The van der Waals surface area contributed by atoms with E-state index in [0.717, 1.165) is 5.56 Å². The summed E-state index contributed by atoms with van der Waals surface area (Å²) in [6.07, 6.45) is 0.549. The maximum atomic E-state index is 12.7. The fraction of sp³-hybridized carbons (Fsp3) is 0.429. The summed E-state index contributed by atoms with van der Waals surface area (Å²) in [4.78, 5) is 22.5. The van der Waals surface area contributed by atoms with E-state index in [1.165, 1.54) is 12.1 Å². The van der Waals surface area contributed by atoms with Crippen LogP contribution in [0.1, 0.15) is 19.4 Å². The fourth-order valence-electron chi connectivity index (χ4n) is 1.68. The van der Waals surface area contributed by atoms with Gasteiger partial charge in [-0.05, 0) is 30.0 Å². The second-order valence-electron chi connectivity index (χ2n) is 4.84. The third-order valence-electron chi connectivity index (χ3n) is 2.83. The molecule has 0 aliphatic rings. The van der Waals surface area contributed by atoms with E-state index in [-0.39, 0.29) is 11.7 Å². The number of hydrogen-bond donors (Lipinski definition) is 3. The summed E-state index contributed by atoms with van der Waals surface area (Å²) in [7, 11) is 0. The highest BCUT2D eigenvalue weighted by molar-refractivity contribution is 5.82. The van der Waals surface area contributed by atoms with E-state index in [1.54, 1.807) is 26.0 Å². The molecule has 5 nitrogen and oxygen atoms in total. The molecular formula is C14H19FN2O3. The number of carboxylic acids is 1. The number of carbonyl (C=O) groups is 2. The molecule has 6 heteroatoms. The predicted octanol–water partition coefficient (Wildman–Crippen LogP) is 1.78. The minimum Gasteiger partial charge on any atom is -0.480 e. The maximum absolute atomic E-state index is 12.7. The van der Waals surface area contributed by atoms with Crippen LogP contribution in [0.2, 0.25) is 0 Å². The van der Waals surface area contributed by atoms with Gasteiger partial charge >= 0.3 is 12.0 Å². The van der Waals surface area contributed by atoms with E-state index >= 15 is 0 Å². The quantitative estimate of drug-likeness (QED) is 0.744. The molecule has 1 aromatic carbocycles. The van der Waals surface area contributed by atoms with Gasteiger partial charge < -0.3 is 15.7 Å². The number of carboxylic acid groups (broad SMARTS) is 1. The van der Waals surface area contributed by atoms with Crippen LogP contribution < -0.4 is 10.6 Å². The molecule has 0 aliphatic heterocycles. The van der Waals surface area contributed by atoms with Gasteiger partial charge in [-0.15, -0.1) is 0 Å². The molecule has 2 amide bonds. The first-order valence-corrected chi connectivity index (χ1v) is 6.41. The summed E-state index contributed by atoms with van der Waals surface area (Å²) >= 11 is 0. The summed E-state index contributed by atoms with van der Waals surface area (Å²) < 4.78 is 12.7.